The number of aliphatic hydroxyl groups is 1. The normalized spacial score (nSPS) is 13.6. The molecule has 1 aromatic carbocycles. The van der Waals surface area contributed by atoms with Gasteiger partial charge in [0.15, 0.2) is 0 Å². The van der Waals surface area contributed by atoms with E-state index in [0.29, 0.717) is 18.0 Å². The van der Waals surface area contributed by atoms with Crippen molar-refractivity contribution >= 4 is 17.2 Å². The Hall–Kier alpha value is -0.970. The Balaban J connectivity index is 2.88. The second-order valence-electron chi connectivity index (χ2n) is 5.32. The lowest BCUT2D eigenvalue weighted by Gasteiger charge is -2.32. The van der Waals surface area contributed by atoms with Crippen LogP contribution in [0.4, 0.5) is 0 Å². The molecule has 0 aliphatic carbocycles. The van der Waals surface area contributed by atoms with Gasteiger partial charge in [-0.05, 0) is 26.5 Å². The van der Waals surface area contributed by atoms with Crippen LogP contribution in [0.5, 0.6) is 0 Å². The van der Waals surface area contributed by atoms with Gasteiger partial charge in [0.1, 0.15) is 0 Å². The van der Waals surface area contributed by atoms with Crippen molar-refractivity contribution in [3.8, 4) is 0 Å². The van der Waals surface area contributed by atoms with Crippen LogP contribution in [0.15, 0.2) is 30.3 Å². The van der Waals surface area contributed by atoms with E-state index in [1.807, 2.05) is 25.2 Å². The number of rotatable bonds is 6. The van der Waals surface area contributed by atoms with Crippen LogP contribution in [-0.2, 0) is 0 Å². The van der Waals surface area contributed by atoms with E-state index in [1.54, 1.807) is 13.8 Å². The second-order valence-corrected chi connectivity index (χ2v) is 5.85. The van der Waals surface area contributed by atoms with Crippen LogP contribution in [-0.4, -0.2) is 34.2 Å². The van der Waals surface area contributed by atoms with Crippen molar-refractivity contribution in [2.75, 3.05) is 13.6 Å². The maximum Gasteiger partial charge on any atom is 0.0746 e. The molecule has 1 aromatic rings. The van der Waals surface area contributed by atoms with Crippen molar-refractivity contribution in [1.29, 1.82) is 0 Å². The third-order valence-electron chi connectivity index (χ3n) is 2.75. The molecule has 4 heteroatoms. The molecule has 1 rings (SSSR count). The summed E-state index contributed by atoms with van der Waals surface area (Å²) < 4.78 is 0. The molecular weight excluding hydrogens is 244 g/mol. The van der Waals surface area contributed by atoms with E-state index >= 15 is 0 Å². The number of benzene rings is 1. The van der Waals surface area contributed by atoms with E-state index in [2.05, 4.69) is 17.0 Å². The lowest BCUT2D eigenvalue weighted by atomic mass is 10.0. The van der Waals surface area contributed by atoms with Gasteiger partial charge in [0.05, 0.1) is 10.6 Å². The van der Waals surface area contributed by atoms with E-state index in [-0.39, 0.29) is 6.04 Å². The molecule has 1 atom stereocenters. The minimum absolute atomic E-state index is 0.107. The van der Waals surface area contributed by atoms with Gasteiger partial charge in [0.2, 0.25) is 0 Å². The SMILES string of the molecule is CN(CC(C)(C)O)C(CC(N)=S)c1ccccc1. The van der Waals surface area contributed by atoms with Gasteiger partial charge in [-0.1, -0.05) is 42.5 Å². The summed E-state index contributed by atoms with van der Waals surface area (Å²) in [6, 6.07) is 10.2. The van der Waals surface area contributed by atoms with Crippen molar-refractivity contribution in [2.45, 2.75) is 31.9 Å². The fourth-order valence-corrected chi connectivity index (χ4v) is 2.27. The molecule has 0 saturated carbocycles. The molecule has 0 heterocycles. The zero-order valence-corrected chi connectivity index (χ0v) is 12.1. The Morgan fingerprint density at radius 3 is 2.39 bits per heavy atom. The molecule has 1 unspecified atom stereocenters. The Kier molecular flexibility index (Phi) is 5.26. The highest BCUT2D eigenvalue weighted by atomic mass is 32.1. The predicted octanol–water partition coefficient (Wildman–Crippen LogP) is 2.11. The Bertz CT molecular complexity index is 387. The summed E-state index contributed by atoms with van der Waals surface area (Å²) in [5.74, 6) is 0. The van der Waals surface area contributed by atoms with E-state index in [0.717, 1.165) is 5.56 Å². The van der Waals surface area contributed by atoms with Gasteiger partial charge in [0.25, 0.3) is 0 Å². The molecule has 3 nitrogen and oxygen atoms in total. The predicted molar refractivity (Wildman–Crippen MR) is 79.5 cm³/mol. The fourth-order valence-electron chi connectivity index (χ4n) is 2.11. The van der Waals surface area contributed by atoms with E-state index in [1.165, 1.54) is 0 Å². The molecule has 0 amide bonds. The zero-order valence-electron chi connectivity index (χ0n) is 11.3. The quantitative estimate of drug-likeness (QED) is 0.774. The highest BCUT2D eigenvalue weighted by molar-refractivity contribution is 7.80. The topological polar surface area (TPSA) is 49.5 Å². The molecule has 18 heavy (non-hydrogen) atoms. The largest absolute Gasteiger partial charge is 0.393 e. The van der Waals surface area contributed by atoms with Crippen molar-refractivity contribution < 1.29 is 5.11 Å². The molecule has 0 aliphatic heterocycles. The van der Waals surface area contributed by atoms with Crippen molar-refractivity contribution in [3.63, 3.8) is 0 Å². The number of hydrogen-bond donors (Lipinski definition) is 2. The van der Waals surface area contributed by atoms with Crippen LogP contribution in [0.2, 0.25) is 0 Å². The van der Waals surface area contributed by atoms with E-state index < -0.39 is 5.60 Å². The Morgan fingerprint density at radius 1 is 1.39 bits per heavy atom. The van der Waals surface area contributed by atoms with Gasteiger partial charge in [-0.15, -0.1) is 0 Å². The average molecular weight is 266 g/mol. The highest BCUT2D eigenvalue weighted by Crippen LogP contribution is 2.24. The Morgan fingerprint density at radius 2 is 1.94 bits per heavy atom. The minimum atomic E-state index is -0.738. The molecule has 0 saturated heterocycles. The smallest absolute Gasteiger partial charge is 0.0746 e. The summed E-state index contributed by atoms with van der Waals surface area (Å²) in [6.45, 7) is 4.16. The number of thiocarbonyl (C=S) groups is 1. The summed E-state index contributed by atoms with van der Waals surface area (Å²) in [6.07, 6.45) is 0.617. The van der Waals surface area contributed by atoms with E-state index in [4.69, 9.17) is 18.0 Å². The number of nitrogens with two attached hydrogens (primary N) is 1. The van der Waals surface area contributed by atoms with Gasteiger partial charge < -0.3 is 10.8 Å². The lowest BCUT2D eigenvalue weighted by molar-refractivity contribution is 0.0318. The molecule has 0 radical (unpaired) electrons. The molecule has 3 N–H and O–H groups in total. The van der Waals surface area contributed by atoms with Crippen molar-refractivity contribution in [3.05, 3.63) is 35.9 Å². The summed E-state index contributed by atoms with van der Waals surface area (Å²) >= 11 is 5.02. The first-order chi connectivity index (χ1) is 8.29. The van der Waals surface area contributed by atoms with Gasteiger partial charge in [-0.3, -0.25) is 4.90 Å². The van der Waals surface area contributed by atoms with Crippen LogP contribution < -0.4 is 5.73 Å². The highest BCUT2D eigenvalue weighted by Gasteiger charge is 2.23. The van der Waals surface area contributed by atoms with Crippen molar-refractivity contribution in [2.24, 2.45) is 5.73 Å². The van der Waals surface area contributed by atoms with Gasteiger partial charge in [0, 0.05) is 19.0 Å². The maximum absolute atomic E-state index is 9.91. The molecule has 0 bridgehead atoms. The van der Waals surface area contributed by atoms with Crippen LogP contribution in [0, 0.1) is 0 Å². The summed E-state index contributed by atoms with van der Waals surface area (Å²) in [5.41, 5.74) is 6.10. The zero-order chi connectivity index (χ0) is 13.8. The van der Waals surface area contributed by atoms with Crippen LogP contribution >= 0.6 is 12.2 Å². The number of hydrogen-bond acceptors (Lipinski definition) is 3. The first kappa shape index (κ1) is 15.1. The number of nitrogens with zero attached hydrogens (tertiary/aromatic N) is 1. The second kappa shape index (κ2) is 6.27. The first-order valence-corrected chi connectivity index (χ1v) is 6.46. The third-order valence-corrected chi connectivity index (χ3v) is 2.91. The molecule has 0 fully saturated rings. The third kappa shape index (κ3) is 5.12. The molecule has 0 aliphatic rings. The fraction of sp³-hybridized carbons (Fsp3) is 0.500. The standard InChI is InChI=1S/C14H22N2OS/c1-14(2,17)10-16(3)12(9-13(15)18)11-7-5-4-6-8-11/h4-8,12,17H,9-10H2,1-3H3,(H2,15,18). The summed E-state index contributed by atoms with van der Waals surface area (Å²) in [7, 11) is 1.98. The van der Waals surface area contributed by atoms with Gasteiger partial charge in [-0.2, -0.15) is 0 Å². The van der Waals surface area contributed by atoms with E-state index in [9.17, 15) is 5.11 Å². The number of likely N-dealkylation sites (N-methyl/N-ethyl adjacent to an activating group) is 1. The monoisotopic (exact) mass is 266 g/mol. The molecule has 0 spiro atoms. The molecule has 100 valence electrons. The lowest BCUT2D eigenvalue weighted by Crippen LogP contribution is -2.39. The summed E-state index contributed by atoms with van der Waals surface area (Å²) in [5, 5.41) is 9.91. The maximum atomic E-state index is 9.91. The van der Waals surface area contributed by atoms with Crippen LogP contribution in [0.3, 0.4) is 0 Å². The first-order valence-electron chi connectivity index (χ1n) is 6.05. The van der Waals surface area contributed by atoms with Crippen LogP contribution in [0.25, 0.3) is 0 Å². The Labute approximate surface area is 115 Å². The van der Waals surface area contributed by atoms with Crippen LogP contribution in [0.1, 0.15) is 31.9 Å². The van der Waals surface area contributed by atoms with Crippen molar-refractivity contribution in [1.82, 2.24) is 4.90 Å². The minimum Gasteiger partial charge on any atom is -0.393 e. The van der Waals surface area contributed by atoms with Gasteiger partial charge in [-0.25, -0.2) is 0 Å². The average Bonchev–Trinajstić information content (AvgIpc) is 2.24. The van der Waals surface area contributed by atoms with Gasteiger partial charge >= 0.3 is 0 Å². The molecular formula is C14H22N2OS. The molecule has 0 aromatic heterocycles. The summed E-state index contributed by atoms with van der Waals surface area (Å²) in [4.78, 5) is 2.58.